The molecule has 1 N–H and O–H groups in total. The van der Waals surface area contributed by atoms with E-state index in [1.165, 1.54) is 4.31 Å². The first-order chi connectivity index (χ1) is 15.2. The maximum absolute atomic E-state index is 12.9. The van der Waals surface area contributed by atoms with Gasteiger partial charge < -0.3 is 10.1 Å². The molecule has 1 saturated heterocycles. The number of piperidine rings is 1. The topological polar surface area (TPSA) is 75.7 Å². The fourth-order valence-corrected chi connectivity index (χ4v) is 6.15. The van der Waals surface area contributed by atoms with Crippen LogP contribution in [0.15, 0.2) is 46.9 Å². The van der Waals surface area contributed by atoms with Crippen molar-refractivity contribution < 1.29 is 17.9 Å². The Balaban J connectivity index is 1.58. The number of carbonyl (C=O) groups is 1. The van der Waals surface area contributed by atoms with Gasteiger partial charge in [0, 0.05) is 23.5 Å². The molecule has 1 atom stereocenters. The summed E-state index contributed by atoms with van der Waals surface area (Å²) in [5, 5.41) is 3.16. The minimum Gasteiger partial charge on any atom is -0.496 e. The van der Waals surface area contributed by atoms with Crippen LogP contribution in [0.25, 0.3) is 0 Å². The lowest BCUT2D eigenvalue weighted by Crippen LogP contribution is -2.44. The lowest BCUT2D eigenvalue weighted by Gasteiger charge is -2.31. The number of nitrogens with one attached hydrogen (secondary N) is 1. The van der Waals surface area contributed by atoms with E-state index in [9.17, 15) is 13.2 Å². The standard InChI is InChI=1S/C24H31BrN2O4S/c1-4-22(20-8-9-23(31-3)17(2)14-20)26-24(28)19-10-12-27(13-11-19)32(29,30)16-18-6-5-7-21(25)15-18/h5-9,14-15,19,22H,4,10-13,16H2,1-3H3,(H,26,28)/t22-/m1/s1. The Kier molecular flexibility index (Phi) is 8.36. The van der Waals surface area contributed by atoms with E-state index < -0.39 is 10.0 Å². The van der Waals surface area contributed by atoms with Crippen molar-refractivity contribution in [2.24, 2.45) is 5.92 Å². The summed E-state index contributed by atoms with van der Waals surface area (Å²) in [6.45, 7) is 4.77. The molecule has 0 spiro atoms. The molecule has 0 bridgehead atoms. The van der Waals surface area contributed by atoms with E-state index in [-0.39, 0.29) is 23.6 Å². The summed E-state index contributed by atoms with van der Waals surface area (Å²) in [6, 6.07) is 13.2. The molecular formula is C24H31BrN2O4S. The molecule has 0 radical (unpaired) electrons. The highest BCUT2D eigenvalue weighted by Crippen LogP contribution is 2.27. The summed E-state index contributed by atoms with van der Waals surface area (Å²) in [5.74, 6) is 0.610. The largest absolute Gasteiger partial charge is 0.496 e. The van der Waals surface area contributed by atoms with E-state index in [2.05, 4.69) is 21.2 Å². The summed E-state index contributed by atoms with van der Waals surface area (Å²) in [6.07, 6.45) is 1.83. The van der Waals surface area contributed by atoms with E-state index in [0.29, 0.717) is 25.9 Å². The molecule has 0 saturated carbocycles. The van der Waals surface area contributed by atoms with Gasteiger partial charge in [0.05, 0.1) is 18.9 Å². The molecule has 0 unspecified atom stereocenters. The van der Waals surface area contributed by atoms with Crippen molar-refractivity contribution in [2.45, 2.75) is 44.9 Å². The molecule has 1 aliphatic rings. The van der Waals surface area contributed by atoms with Crippen LogP contribution in [0, 0.1) is 12.8 Å². The van der Waals surface area contributed by atoms with Crippen LogP contribution >= 0.6 is 15.9 Å². The van der Waals surface area contributed by atoms with Crippen LogP contribution < -0.4 is 10.1 Å². The van der Waals surface area contributed by atoms with Crippen LogP contribution in [0.2, 0.25) is 0 Å². The summed E-state index contributed by atoms with van der Waals surface area (Å²) < 4.78 is 33.4. The smallest absolute Gasteiger partial charge is 0.223 e. The fourth-order valence-electron chi connectivity index (χ4n) is 4.15. The Bertz CT molecular complexity index is 1050. The summed E-state index contributed by atoms with van der Waals surface area (Å²) >= 11 is 3.38. The second-order valence-electron chi connectivity index (χ2n) is 8.26. The number of carbonyl (C=O) groups excluding carboxylic acids is 1. The van der Waals surface area contributed by atoms with Crippen molar-refractivity contribution in [1.29, 1.82) is 0 Å². The number of nitrogens with zero attached hydrogens (tertiary/aromatic N) is 1. The molecule has 0 aromatic heterocycles. The average Bonchev–Trinajstić information content (AvgIpc) is 2.77. The van der Waals surface area contributed by atoms with Crippen molar-refractivity contribution in [3.05, 3.63) is 63.6 Å². The Morgan fingerprint density at radius 2 is 1.94 bits per heavy atom. The Hall–Kier alpha value is -1.90. The normalized spacial score (nSPS) is 16.5. The SMILES string of the molecule is CC[C@@H](NC(=O)C1CCN(S(=O)(=O)Cc2cccc(Br)c2)CC1)c1ccc(OC)c(C)c1. The first-order valence-corrected chi connectivity index (χ1v) is 13.3. The van der Waals surface area contributed by atoms with Gasteiger partial charge in [-0.15, -0.1) is 0 Å². The molecule has 2 aromatic carbocycles. The van der Waals surface area contributed by atoms with Crippen LogP contribution in [-0.2, 0) is 20.6 Å². The maximum atomic E-state index is 12.9. The zero-order chi connectivity index (χ0) is 23.3. The Morgan fingerprint density at radius 3 is 2.53 bits per heavy atom. The summed E-state index contributed by atoms with van der Waals surface area (Å²) in [7, 11) is -1.77. The molecule has 1 amide bonds. The monoisotopic (exact) mass is 522 g/mol. The number of hydrogen-bond donors (Lipinski definition) is 1. The van der Waals surface area contributed by atoms with Gasteiger partial charge >= 0.3 is 0 Å². The summed E-state index contributed by atoms with van der Waals surface area (Å²) in [5.41, 5.74) is 2.83. The molecule has 174 valence electrons. The summed E-state index contributed by atoms with van der Waals surface area (Å²) in [4.78, 5) is 12.9. The van der Waals surface area contributed by atoms with E-state index in [1.54, 1.807) is 7.11 Å². The number of ether oxygens (including phenoxy) is 1. The molecule has 0 aliphatic carbocycles. The Morgan fingerprint density at radius 1 is 1.22 bits per heavy atom. The molecule has 6 nitrogen and oxygen atoms in total. The van der Waals surface area contributed by atoms with Gasteiger partial charge in [-0.2, -0.15) is 0 Å². The highest BCUT2D eigenvalue weighted by Gasteiger charge is 2.32. The Labute approximate surface area is 199 Å². The van der Waals surface area contributed by atoms with E-state index in [1.807, 2.05) is 56.3 Å². The predicted octanol–water partition coefficient (Wildman–Crippen LogP) is 4.58. The number of aryl methyl sites for hydroxylation is 1. The molecular weight excluding hydrogens is 492 g/mol. The van der Waals surface area contributed by atoms with Gasteiger partial charge in [-0.3, -0.25) is 4.79 Å². The zero-order valence-corrected chi connectivity index (χ0v) is 21.2. The van der Waals surface area contributed by atoms with Crippen LogP contribution in [0.1, 0.15) is 48.9 Å². The van der Waals surface area contributed by atoms with Crippen LogP contribution in [0.5, 0.6) is 5.75 Å². The highest BCUT2D eigenvalue weighted by atomic mass is 79.9. The van der Waals surface area contributed by atoms with Crippen LogP contribution in [0.4, 0.5) is 0 Å². The predicted molar refractivity (Wildman–Crippen MR) is 130 cm³/mol. The van der Waals surface area contributed by atoms with Gasteiger partial charge in [-0.1, -0.05) is 47.1 Å². The minimum absolute atomic E-state index is 0.00522. The van der Waals surface area contributed by atoms with Crippen LogP contribution in [0.3, 0.4) is 0 Å². The highest BCUT2D eigenvalue weighted by molar-refractivity contribution is 9.10. The van der Waals surface area contributed by atoms with Crippen molar-refractivity contribution >= 4 is 31.9 Å². The minimum atomic E-state index is -3.42. The van der Waals surface area contributed by atoms with Gasteiger partial charge in [-0.25, -0.2) is 12.7 Å². The molecule has 2 aromatic rings. The molecule has 32 heavy (non-hydrogen) atoms. The second-order valence-corrected chi connectivity index (χ2v) is 11.1. The lowest BCUT2D eigenvalue weighted by molar-refractivity contribution is -0.126. The number of halogens is 1. The number of hydrogen-bond acceptors (Lipinski definition) is 4. The number of sulfonamides is 1. The molecule has 1 heterocycles. The van der Waals surface area contributed by atoms with Gasteiger partial charge in [0.25, 0.3) is 0 Å². The number of benzene rings is 2. The maximum Gasteiger partial charge on any atom is 0.223 e. The first kappa shape index (κ1) is 24.7. The molecule has 3 rings (SSSR count). The van der Waals surface area contributed by atoms with Crippen molar-refractivity contribution in [3.8, 4) is 5.75 Å². The fraction of sp³-hybridized carbons (Fsp3) is 0.458. The zero-order valence-electron chi connectivity index (χ0n) is 18.8. The van der Waals surface area contributed by atoms with Gasteiger partial charge in [-0.05, 0) is 61.1 Å². The van der Waals surface area contributed by atoms with E-state index in [0.717, 1.165) is 33.3 Å². The molecule has 1 fully saturated rings. The third-order valence-corrected chi connectivity index (χ3v) is 8.35. The van der Waals surface area contributed by atoms with Gasteiger partial charge in [0.2, 0.25) is 15.9 Å². The molecule has 8 heteroatoms. The second kappa shape index (κ2) is 10.8. The third-order valence-electron chi connectivity index (χ3n) is 6.00. The van der Waals surface area contributed by atoms with Crippen molar-refractivity contribution in [3.63, 3.8) is 0 Å². The number of amides is 1. The van der Waals surface area contributed by atoms with Crippen molar-refractivity contribution in [2.75, 3.05) is 20.2 Å². The number of methoxy groups -OCH3 is 1. The van der Waals surface area contributed by atoms with Crippen molar-refractivity contribution in [1.82, 2.24) is 9.62 Å². The van der Waals surface area contributed by atoms with Crippen LogP contribution in [-0.4, -0.2) is 38.8 Å². The van der Waals surface area contributed by atoms with Gasteiger partial charge in [0.1, 0.15) is 5.75 Å². The third kappa shape index (κ3) is 6.11. The lowest BCUT2D eigenvalue weighted by atomic mass is 9.95. The molecule has 1 aliphatic heterocycles. The average molecular weight is 523 g/mol. The quantitative estimate of drug-likeness (QED) is 0.550. The van der Waals surface area contributed by atoms with E-state index >= 15 is 0 Å². The van der Waals surface area contributed by atoms with Gasteiger partial charge in [0.15, 0.2) is 0 Å². The van der Waals surface area contributed by atoms with E-state index in [4.69, 9.17) is 4.74 Å². The number of rotatable bonds is 8. The first-order valence-electron chi connectivity index (χ1n) is 10.9.